The molecule has 15 heteroatoms. The van der Waals surface area contributed by atoms with Gasteiger partial charge in [0.15, 0.2) is 46.6 Å². The quantitative estimate of drug-likeness (QED) is 0.102. The third-order valence-corrected chi connectivity index (χ3v) is 29.8. The van der Waals surface area contributed by atoms with Crippen LogP contribution in [0, 0.1) is 0 Å². The minimum Gasteiger partial charge on any atom is -0.456 e. The van der Waals surface area contributed by atoms with Gasteiger partial charge in [-0.2, -0.15) is 9.97 Å². The topological polar surface area (TPSA) is 157 Å². The van der Waals surface area contributed by atoms with E-state index in [1.807, 2.05) is 84.1 Å². The Kier molecular flexibility index (Phi) is 17.7. The maximum atomic E-state index is 6.80. The van der Waals surface area contributed by atoms with Crippen molar-refractivity contribution in [2.75, 3.05) is 0 Å². The monoisotopic (exact) mass is 1820 g/mol. The van der Waals surface area contributed by atoms with Crippen LogP contribution in [0.3, 0.4) is 0 Å². The summed E-state index contributed by atoms with van der Waals surface area (Å²) in [5.41, 5.74) is 29.1. The molecule has 658 valence electrons. The maximum Gasteiger partial charge on any atom is 0.238 e. The fourth-order valence-corrected chi connectivity index (χ4v) is 23.0. The molecule has 0 bridgehead atoms. The Morgan fingerprint density at radius 1 is 0.199 bits per heavy atom. The third-order valence-electron chi connectivity index (χ3n) is 28.6. The van der Waals surface area contributed by atoms with E-state index in [4.69, 9.17) is 53.7 Å². The molecule has 28 aromatic rings. The fraction of sp³-hybridized carbons (Fsp3) is 0.0238. The summed E-state index contributed by atoms with van der Waals surface area (Å²) in [6.07, 6.45) is 0. The summed E-state index contributed by atoms with van der Waals surface area (Å²) in [5.74, 6) is 5.04. The van der Waals surface area contributed by atoms with Crippen LogP contribution in [0.1, 0.15) is 25.0 Å². The second-order valence-electron chi connectivity index (χ2n) is 37.1. The Morgan fingerprint density at radius 3 is 1.11 bits per heavy atom. The highest BCUT2D eigenvalue weighted by Crippen LogP contribution is 2.52. The molecule has 0 saturated heterocycles. The minimum absolute atomic E-state index is 0.287. The lowest BCUT2D eigenvalue weighted by Gasteiger charge is -2.21. The number of furan rings is 2. The van der Waals surface area contributed by atoms with Gasteiger partial charge in [0, 0.05) is 147 Å². The van der Waals surface area contributed by atoms with E-state index in [-0.39, 0.29) is 5.41 Å². The number of fused-ring (bicyclic) bond motifs is 21. The van der Waals surface area contributed by atoms with E-state index in [0.29, 0.717) is 52.5 Å². The third kappa shape index (κ3) is 12.8. The molecule has 14 nitrogen and oxygen atoms in total. The summed E-state index contributed by atoms with van der Waals surface area (Å²) in [7, 11) is 0. The number of para-hydroxylation sites is 3. The molecule has 1 aliphatic rings. The van der Waals surface area contributed by atoms with E-state index in [0.717, 1.165) is 199 Å². The summed E-state index contributed by atoms with van der Waals surface area (Å²) >= 11 is 1.81. The molecule has 9 heterocycles. The van der Waals surface area contributed by atoms with Crippen LogP contribution in [-0.4, -0.2) is 58.6 Å². The van der Waals surface area contributed by atoms with Crippen molar-refractivity contribution in [2.45, 2.75) is 19.3 Å². The molecule has 0 saturated carbocycles. The van der Waals surface area contributed by atoms with Gasteiger partial charge in [-0.15, -0.1) is 11.3 Å². The van der Waals surface area contributed by atoms with E-state index in [1.165, 1.54) is 42.4 Å². The zero-order valence-corrected chi connectivity index (χ0v) is 76.8. The predicted molar refractivity (Wildman–Crippen MR) is 574 cm³/mol. The highest BCUT2D eigenvalue weighted by Gasteiger charge is 2.36. The first-order valence-electron chi connectivity index (χ1n) is 47.4. The lowest BCUT2D eigenvalue weighted by molar-refractivity contribution is 0.660. The highest BCUT2D eigenvalue weighted by atomic mass is 32.1. The van der Waals surface area contributed by atoms with Gasteiger partial charge in [-0.05, 0) is 183 Å². The molecule has 0 spiro atoms. The zero-order chi connectivity index (χ0) is 92.8. The van der Waals surface area contributed by atoms with Crippen LogP contribution in [0.15, 0.2) is 433 Å². The lowest BCUT2D eigenvalue weighted by Crippen LogP contribution is -2.15. The maximum absolute atomic E-state index is 6.80. The number of aromatic nitrogens is 12. The standard InChI is InChI=1S/C126H76N12O2S/c1-126(2)101-43-17-12-36-89(101)90-63-58-84(66-102(90)126)123-131-120(130-122(133-123)82-34-22-32-80(64-82)87-41-24-45-104-115(87)99-68-96-92-38-14-19-47-109(92)139-111(96)70-106(99)136(104)85-59-54-78(55-60-85)119-128-117(75-28-8-4-9-29-75)127-118(129-119)77-52-50-74(51-53-77)73-26-6-3-7-27-73)79-56-61-86(62-57-79)137-105-46-25-42-88(116(105)100-69-97-93-39-15-20-48-110(93)140-112(97)71-107(100)137)81-33-23-35-83(65-81)124-132-121(76-30-10-5-11-31-76)134-125(135-124)138-103-44-18-13-37-91(103)95-67-98-94-40-16-21-49-113(94)141-114(98)72-108(95)138/h3-72H,1-2H3. The number of rotatable bonds is 14. The molecular formula is C126H76N12O2S. The lowest BCUT2D eigenvalue weighted by atomic mass is 9.82. The Morgan fingerprint density at radius 2 is 0.560 bits per heavy atom. The SMILES string of the molecule is CC1(C)c2ccccc2-c2ccc(-c3nc(-c4ccc(-n5c6cc7oc8ccccc8c7cc6c6c(-c7cccc(-c8nc(-c9ccccc9)nc(-n9c%10ccccc%10c%10cc%11c(cc%109)sc9ccccc9%11)n8)c7)cccc65)cc4)nc(-c4cccc(-c5cccc6c5c5cc7c(cc5n6-c5ccc(-c6nc(-c8ccccc8)nc(-c8ccc(-c9ccccc9)cc8)n6)cc5)oc5ccccc57)c4)n3)cc21. The normalized spacial score (nSPS) is 12.5. The summed E-state index contributed by atoms with van der Waals surface area (Å²) in [4.78, 5) is 48.5. The molecule has 0 fully saturated rings. The molecule has 0 amide bonds. The van der Waals surface area contributed by atoms with Crippen molar-refractivity contribution in [1.29, 1.82) is 0 Å². The first-order valence-corrected chi connectivity index (χ1v) is 48.2. The Balaban J connectivity index is 0.561. The average molecular weight is 1820 g/mol. The molecular weight excluding hydrogens is 1750 g/mol. The highest BCUT2D eigenvalue weighted by molar-refractivity contribution is 7.25. The first kappa shape index (κ1) is 79.8. The van der Waals surface area contributed by atoms with Crippen LogP contribution in [0.4, 0.5) is 0 Å². The molecule has 141 heavy (non-hydrogen) atoms. The Bertz CT molecular complexity index is 10100. The Labute approximate surface area is 810 Å². The largest absolute Gasteiger partial charge is 0.456 e. The van der Waals surface area contributed by atoms with Crippen molar-refractivity contribution in [3.05, 3.63) is 436 Å². The number of hydrogen-bond donors (Lipinski definition) is 0. The van der Waals surface area contributed by atoms with Gasteiger partial charge >= 0.3 is 0 Å². The molecule has 0 radical (unpaired) electrons. The summed E-state index contributed by atoms with van der Waals surface area (Å²) in [6.45, 7) is 4.63. The predicted octanol–water partition coefficient (Wildman–Crippen LogP) is 32.3. The summed E-state index contributed by atoms with van der Waals surface area (Å²) in [6, 6.07) is 150. The van der Waals surface area contributed by atoms with Crippen LogP contribution < -0.4 is 0 Å². The van der Waals surface area contributed by atoms with E-state index >= 15 is 0 Å². The van der Waals surface area contributed by atoms with Gasteiger partial charge < -0.3 is 18.0 Å². The van der Waals surface area contributed by atoms with Crippen molar-refractivity contribution >= 4 is 141 Å². The first-order chi connectivity index (χ1) is 69.6. The van der Waals surface area contributed by atoms with Gasteiger partial charge in [0.25, 0.3) is 0 Å². The molecule has 9 aromatic heterocycles. The van der Waals surface area contributed by atoms with Crippen LogP contribution in [0.25, 0.3) is 282 Å². The van der Waals surface area contributed by atoms with Gasteiger partial charge in [0.2, 0.25) is 5.95 Å². The van der Waals surface area contributed by atoms with E-state index in [1.54, 1.807) is 0 Å². The van der Waals surface area contributed by atoms with Crippen LogP contribution in [0.2, 0.25) is 0 Å². The molecule has 0 unspecified atom stereocenters. The number of nitrogens with zero attached hydrogens (tertiary/aromatic N) is 12. The van der Waals surface area contributed by atoms with Crippen molar-refractivity contribution in [1.82, 2.24) is 58.6 Å². The smallest absolute Gasteiger partial charge is 0.238 e. The summed E-state index contributed by atoms with van der Waals surface area (Å²) in [5, 5.41) is 13.2. The molecule has 0 atom stereocenters. The van der Waals surface area contributed by atoms with Gasteiger partial charge in [0.1, 0.15) is 22.3 Å². The van der Waals surface area contributed by atoms with Gasteiger partial charge in [-0.25, -0.2) is 34.9 Å². The minimum atomic E-state index is -0.287. The molecule has 19 aromatic carbocycles. The second-order valence-corrected chi connectivity index (χ2v) is 38.2. The summed E-state index contributed by atoms with van der Waals surface area (Å²) < 4.78 is 22.9. The molecule has 0 N–H and O–H groups in total. The van der Waals surface area contributed by atoms with Gasteiger partial charge in [0.05, 0.1) is 33.1 Å². The second kappa shape index (κ2) is 31.2. The number of hydrogen-bond acceptors (Lipinski definition) is 12. The number of thiophene rings is 1. The molecule has 0 aliphatic heterocycles. The Hall–Kier alpha value is -18.6. The zero-order valence-electron chi connectivity index (χ0n) is 76.0. The van der Waals surface area contributed by atoms with Crippen molar-refractivity contribution < 1.29 is 8.83 Å². The van der Waals surface area contributed by atoms with Crippen molar-refractivity contribution in [3.63, 3.8) is 0 Å². The van der Waals surface area contributed by atoms with Crippen LogP contribution in [0.5, 0.6) is 0 Å². The fourth-order valence-electron chi connectivity index (χ4n) is 21.9. The van der Waals surface area contributed by atoms with Crippen LogP contribution in [-0.2, 0) is 5.41 Å². The average Bonchev–Trinajstić information content (AvgIpc) is 1.56. The van der Waals surface area contributed by atoms with E-state index in [2.05, 4.69) is 379 Å². The van der Waals surface area contributed by atoms with Crippen molar-refractivity contribution in [3.8, 4) is 153 Å². The van der Waals surface area contributed by atoms with E-state index in [9.17, 15) is 0 Å². The number of benzene rings is 19. The van der Waals surface area contributed by atoms with Crippen LogP contribution >= 0.6 is 11.3 Å². The van der Waals surface area contributed by atoms with Gasteiger partial charge in [-0.3, -0.25) is 4.57 Å². The van der Waals surface area contributed by atoms with E-state index < -0.39 is 0 Å². The van der Waals surface area contributed by atoms with Gasteiger partial charge in [-0.1, -0.05) is 299 Å². The molecule has 1 aliphatic carbocycles. The van der Waals surface area contributed by atoms with Crippen molar-refractivity contribution in [2.24, 2.45) is 0 Å². The molecule has 29 rings (SSSR count).